The number of anilines is 1. The standard InChI is InChI=1S/C16H12FNO2/c1-10-6-7-12(17)9-13(10)18-16(19)15-8-11-4-2-3-5-14(11)20-15/h2-9H,1H3,(H,18,19). The van der Waals surface area contributed by atoms with E-state index in [1.54, 1.807) is 25.1 Å². The van der Waals surface area contributed by atoms with Crippen LogP contribution in [0, 0.1) is 12.7 Å². The number of rotatable bonds is 2. The first kappa shape index (κ1) is 12.4. The molecule has 1 aromatic heterocycles. The van der Waals surface area contributed by atoms with Gasteiger partial charge >= 0.3 is 0 Å². The Kier molecular flexibility index (Phi) is 2.99. The van der Waals surface area contributed by atoms with Crippen LogP contribution in [0.25, 0.3) is 11.0 Å². The molecule has 0 aliphatic rings. The molecule has 0 atom stereocenters. The second-order valence-corrected chi connectivity index (χ2v) is 4.56. The van der Waals surface area contributed by atoms with Gasteiger partial charge in [-0.05, 0) is 36.8 Å². The number of hydrogen-bond acceptors (Lipinski definition) is 2. The highest BCUT2D eigenvalue weighted by molar-refractivity contribution is 6.04. The molecule has 1 heterocycles. The largest absolute Gasteiger partial charge is 0.451 e. The van der Waals surface area contributed by atoms with E-state index < -0.39 is 11.7 Å². The van der Waals surface area contributed by atoms with Crippen LogP contribution in [-0.2, 0) is 0 Å². The Balaban J connectivity index is 1.90. The maximum absolute atomic E-state index is 13.2. The van der Waals surface area contributed by atoms with Crippen molar-refractivity contribution in [2.24, 2.45) is 0 Å². The molecule has 0 saturated heterocycles. The molecule has 0 fully saturated rings. The summed E-state index contributed by atoms with van der Waals surface area (Å²) >= 11 is 0. The number of fused-ring (bicyclic) bond motifs is 1. The lowest BCUT2D eigenvalue weighted by molar-refractivity contribution is 0.0998. The fourth-order valence-corrected chi connectivity index (χ4v) is 2.01. The summed E-state index contributed by atoms with van der Waals surface area (Å²) in [6.07, 6.45) is 0. The topological polar surface area (TPSA) is 42.2 Å². The van der Waals surface area contributed by atoms with Crippen LogP contribution in [0.4, 0.5) is 10.1 Å². The van der Waals surface area contributed by atoms with Crippen LogP contribution in [0.5, 0.6) is 0 Å². The summed E-state index contributed by atoms with van der Waals surface area (Å²) < 4.78 is 18.7. The van der Waals surface area contributed by atoms with Crippen LogP contribution in [-0.4, -0.2) is 5.91 Å². The van der Waals surface area contributed by atoms with Gasteiger partial charge in [-0.3, -0.25) is 4.79 Å². The highest BCUT2D eigenvalue weighted by atomic mass is 19.1. The molecule has 0 radical (unpaired) electrons. The monoisotopic (exact) mass is 269 g/mol. The third kappa shape index (κ3) is 2.28. The Labute approximate surface area is 115 Å². The smallest absolute Gasteiger partial charge is 0.291 e. The molecule has 3 aromatic rings. The highest BCUT2D eigenvalue weighted by Crippen LogP contribution is 2.21. The van der Waals surface area contributed by atoms with E-state index in [0.717, 1.165) is 10.9 Å². The van der Waals surface area contributed by atoms with Gasteiger partial charge in [-0.15, -0.1) is 0 Å². The van der Waals surface area contributed by atoms with E-state index in [0.29, 0.717) is 11.3 Å². The molecule has 100 valence electrons. The molecular weight excluding hydrogens is 257 g/mol. The van der Waals surface area contributed by atoms with E-state index in [9.17, 15) is 9.18 Å². The van der Waals surface area contributed by atoms with Crippen LogP contribution in [0.2, 0.25) is 0 Å². The predicted octanol–water partition coefficient (Wildman–Crippen LogP) is 4.13. The highest BCUT2D eigenvalue weighted by Gasteiger charge is 2.13. The third-order valence-electron chi connectivity index (χ3n) is 3.10. The van der Waals surface area contributed by atoms with Gasteiger partial charge in [0.15, 0.2) is 5.76 Å². The summed E-state index contributed by atoms with van der Waals surface area (Å²) in [7, 11) is 0. The average molecular weight is 269 g/mol. The van der Waals surface area contributed by atoms with Crippen molar-refractivity contribution < 1.29 is 13.6 Å². The number of hydrogen-bond donors (Lipinski definition) is 1. The number of furan rings is 1. The van der Waals surface area contributed by atoms with Gasteiger partial charge in [-0.2, -0.15) is 0 Å². The maximum Gasteiger partial charge on any atom is 0.291 e. The quantitative estimate of drug-likeness (QED) is 0.760. The van der Waals surface area contributed by atoms with Crippen LogP contribution in [0.1, 0.15) is 16.1 Å². The van der Waals surface area contributed by atoms with Crippen molar-refractivity contribution in [3.8, 4) is 0 Å². The van der Waals surface area contributed by atoms with E-state index in [1.807, 2.05) is 18.2 Å². The summed E-state index contributed by atoms with van der Waals surface area (Å²) in [5, 5.41) is 3.51. The number of para-hydroxylation sites is 1. The number of halogens is 1. The Hall–Kier alpha value is -2.62. The van der Waals surface area contributed by atoms with Crippen LogP contribution < -0.4 is 5.32 Å². The molecule has 0 unspecified atom stereocenters. The SMILES string of the molecule is Cc1ccc(F)cc1NC(=O)c1cc2ccccc2o1. The second kappa shape index (κ2) is 4.81. The van der Waals surface area contributed by atoms with Gasteiger partial charge in [-0.1, -0.05) is 24.3 Å². The molecule has 0 saturated carbocycles. The minimum atomic E-state index is -0.394. The van der Waals surface area contributed by atoms with Crippen molar-refractivity contribution in [1.82, 2.24) is 0 Å². The van der Waals surface area contributed by atoms with E-state index in [2.05, 4.69) is 5.32 Å². The Bertz CT molecular complexity index is 759. The fraction of sp³-hybridized carbons (Fsp3) is 0.0625. The van der Waals surface area contributed by atoms with Crippen LogP contribution >= 0.6 is 0 Å². The van der Waals surface area contributed by atoms with Gasteiger partial charge in [0.2, 0.25) is 0 Å². The summed E-state index contributed by atoms with van der Waals surface area (Å²) in [6, 6.07) is 13.3. The number of nitrogens with one attached hydrogen (secondary N) is 1. The van der Waals surface area contributed by atoms with E-state index in [-0.39, 0.29) is 5.76 Å². The first-order valence-corrected chi connectivity index (χ1v) is 6.19. The number of amides is 1. The zero-order valence-corrected chi connectivity index (χ0v) is 10.8. The summed E-state index contributed by atoms with van der Waals surface area (Å²) in [5.74, 6) is -0.583. The molecule has 3 rings (SSSR count). The molecule has 20 heavy (non-hydrogen) atoms. The summed E-state index contributed by atoms with van der Waals surface area (Å²) in [4.78, 5) is 12.1. The summed E-state index contributed by atoms with van der Waals surface area (Å²) in [5.41, 5.74) is 1.87. The fourth-order valence-electron chi connectivity index (χ4n) is 2.01. The molecule has 0 aliphatic heterocycles. The van der Waals surface area contributed by atoms with Crippen molar-refractivity contribution in [3.05, 3.63) is 65.7 Å². The maximum atomic E-state index is 13.2. The molecule has 1 N–H and O–H groups in total. The predicted molar refractivity (Wildman–Crippen MR) is 75.3 cm³/mol. The van der Waals surface area contributed by atoms with Crippen molar-refractivity contribution in [3.63, 3.8) is 0 Å². The van der Waals surface area contributed by atoms with Gasteiger partial charge < -0.3 is 9.73 Å². The lowest BCUT2D eigenvalue weighted by Crippen LogP contribution is -2.11. The normalized spacial score (nSPS) is 10.7. The van der Waals surface area contributed by atoms with Gasteiger partial charge in [0.05, 0.1) is 0 Å². The van der Waals surface area contributed by atoms with Gasteiger partial charge in [-0.25, -0.2) is 4.39 Å². The number of carbonyl (C=O) groups is 1. The first-order valence-electron chi connectivity index (χ1n) is 6.19. The number of aryl methyl sites for hydroxylation is 1. The average Bonchev–Trinajstić information content (AvgIpc) is 2.87. The van der Waals surface area contributed by atoms with Gasteiger partial charge in [0.25, 0.3) is 5.91 Å². The van der Waals surface area contributed by atoms with E-state index in [4.69, 9.17) is 4.42 Å². The lowest BCUT2D eigenvalue weighted by atomic mass is 10.2. The molecule has 0 bridgehead atoms. The minimum Gasteiger partial charge on any atom is -0.451 e. The Morgan fingerprint density at radius 1 is 1.15 bits per heavy atom. The number of benzene rings is 2. The third-order valence-corrected chi connectivity index (χ3v) is 3.10. The van der Waals surface area contributed by atoms with Crippen LogP contribution in [0.3, 0.4) is 0 Å². The van der Waals surface area contributed by atoms with Crippen molar-refractivity contribution in [2.45, 2.75) is 6.92 Å². The molecule has 1 amide bonds. The van der Waals surface area contributed by atoms with Gasteiger partial charge in [0.1, 0.15) is 11.4 Å². The van der Waals surface area contributed by atoms with Crippen LogP contribution in [0.15, 0.2) is 52.9 Å². The van der Waals surface area contributed by atoms with E-state index >= 15 is 0 Å². The molecule has 3 nitrogen and oxygen atoms in total. The van der Waals surface area contributed by atoms with Crippen molar-refractivity contribution in [2.75, 3.05) is 5.32 Å². The Morgan fingerprint density at radius 2 is 1.95 bits per heavy atom. The first-order chi connectivity index (χ1) is 9.63. The molecule has 0 spiro atoms. The van der Waals surface area contributed by atoms with Crippen molar-refractivity contribution >= 4 is 22.6 Å². The molecular formula is C16H12FNO2. The minimum absolute atomic E-state index is 0.204. The van der Waals surface area contributed by atoms with Gasteiger partial charge in [0, 0.05) is 11.1 Å². The molecule has 4 heteroatoms. The Morgan fingerprint density at radius 3 is 2.75 bits per heavy atom. The van der Waals surface area contributed by atoms with E-state index in [1.165, 1.54) is 12.1 Å². The lowest BCUT2D eigenvalue weighted by Gasteiger charge is -2.06. The zero-order valence-electron chi connectivity index (χ0n) is 10.8. The second-order valence-electron chi connectivity index (χ2n) is 4.56. The number of carbonyl (C=O) groups excluding carboxylic acids is 1. The molecule has 2 aromatic carbocycles. The van der Waals surface area contributed by atoms with Crippen molar-refractivity contribution in [1.29, 1.82) is 0 Å². The zero-order chi connectivity index (χ0) is 14.1. The molecule has 0 aliphatic carbocycles. The summed E-state index contributed by atoms with van der Waals surface area (Å²) in [6.45, 7) is 1.80.